The number of carboxylic acids is 3. The number of aliphatic hydroxyl groups excluding tert-OH is 3. The first-order valence-corrected chi connectivity index (χ1v) is 3.29. The second-order valence-corrected chi connectivity index (χ2v) is 1.66. The standard InChI is InChI=1S/3C2H4O3.Dy/c3*3-1-2(4)5;/h3*3H,1H2,(H,4,5);. The van der Waals surface area contributed by atoms with Crippen LogP contribution in [0.25, 0.3) is 0 Å². The van der Waals surface area contributed by atoms with Crippen molar-refractivity contribution in [3.8, 4) is 0 Å². The molecule has 6 N–H and O–H groups in total. The molecule has 0 heterocycles. The molecule has 0 spiro atoms. The zero-order valence-corrected chi connectivity index (χ0v) is 9.87. The molecule has 0 aromatic heterocycles. The largest absolute Gasteiger partial charge is 0.480 e. The molecule has 0 aromatic carbocycles. The SMILES string of the molecule is O=C(O)CO.O=C(O)CO.O=C(O)CO.[Dy]. The number of carbonyl (C=O) groups is 3. The van der Waals surface area contributed by atoms with E-state index in [9.17, 15) is 0 Å². The first-order valence-electron chi connectivity index (χ1n) is 3.29. The molecule has 0 aliphatic carbocycles. The van der Waals surface area contributed by atoms with Crippen LogP contribution in [0.1, 0.15) is 0 Å². The number of hydrogen-bond acceptors (Lipinski definition) is 6. The van der Waals surface area contributed by atoms with Gasteiger partial charge in [-0.15, -0.1) is 0 Å². The second-order valence-electron chi connectivity index (χ2n) is 1.66. The van der Waals surface area contributed by atoms with Gasteiger partial charge < -0.3 is 30.6 Å². The maximum Gasteiger partial charge on any atom is 0.329 e. The summed E-state index contributed by atoms with van der Waals surface area (Å²) in [5.74, 6) is -3.57. The van der Waals surface area contributed by atoms with Crippen LogP contribution in [-0.4, -0.2) is 68.4 Å². The van der Waals surface area contributed by atoms with Gasteiger partial charge in [0.1, 0.15) is 19.8 Å². The predicted octanol–water partition coefficient (Wildman–Crippen LogP) is -2.81. The Morgan fingerprint density at radius 2 is 0.688 bits per heavy atom. The van der Waals surface area contributed by atoms with E-state index in [1.807, 2.05) is 0 Å². The molecule has 0 aliphatic rings. The van der Waals surface area contributed by atoms with Crippen molar-refractivity contribution in [2.75, 3.05) is 19.8 Å². The molecule has 0 unspecified atom stereocenters. The van der Waals surface area contributed by atoms with Gasteiger partial charge in [-0.3, -0.25) is 0 Å². The van der Waals surface area contributed by atoms with Crippen LogP contribution in [0.2, 0.25) is 0 Å². The number of hydrogen-bond donors (Lipinski definition) is 6. The van der Waals surface area contributed by atoms with Crippen LogP contribution in [-0.2, 0) is 14.4 Å². The van der Waals surface area contributed by atoms with Crippen molar-refractivity contribution in [3.63, 3.8) is 0 Å². The predicted molar refractivity (Wildman–Crippen MR) is 44.2 cm³/mol. The summed E-state index contributed by atoms with van der Waals surface area (Å²) in [4.78, 5) is 27.4. The number of aliphatic carboxylic acids is 3. The van der Waals surface area contributed by atoms with Gasteiger partial charge in [0.25, 0.3) is 0 Å². The Morgan fingerprint density at radius 1 is 0.625 bits per heavy atom. The van der Waals surface area contributed by atoms with Gasteiger partial charge in [0.05, 0.1) is 0 Å². The van der Waals surface area contributed by atoms with E-state index in [1.54, 1.807) is 0 Å². The zero-order valence-electron chi connectivity index (χ0n) is 7.85. The summed E-state index contributed by atoms with van der Waals surface area (Å²) in [6, 6.07) is 0. The van der Waals surface area contributed by atoms with E-state index in [2.05, 4.69) is 0 Å². The van der Waals surface area contributed by atoms with Gasteiger partial charge in [-0.25, -0.2) is 14.4 Å². The number of carboxylic acid groups (broad SMARTS) is 3. The Kier molecular flexibility index (Phi) is 30.9. The average molecular weight is 391 g/mol. The Bertz CT molecular complexity index is 159. The Labute approximate surface area is 120 Å². The maximum absolute atomic E-state index is 9.12. The Hall–Kier alpha value is -0.437. The molecule has 0 saturated heterocycles. The Morgan fingerprint density at radius 3 is 0.688 bits per heavy atom. The van der Waals surface area contributed by atoms with Gasteiger partial charge in [0.15, 0.2) is 0 Å². The second kappa shape index (κ2) is 20.0. The quantitative estimate of drug-likeness (QED) is 0.297. The molecule has 9 nitrogen and oxygen atoms in total. The third kappa shape index (κ3) is 69.2. The van der Waals surface area contributed by atoms with Crippen LogP contribution in [0.3, 0.4) is 0 Å². The fourth-order valence-electron chi connectivity index (χ4n) is 0. The third-order valence-electron chi connectivity index (χ3n) is 0.406. The minimum atomic E-state index is -1.19. The zero-order chi connectivity index (χ0) is 12.9. The summed E-state index contributed by atoms with van der Waals surface area (Å²) in [5, 5.41) is 45.0. The van der Waals surface area contributed by atoms with Gasteiger partial charge in [-0.1, -0.05) is 0 Å². The minimum absolute atomic E-state index is 0. The molecule has 0 aliphatic heterocycles. The van der Waals surface area contributed by atoms with Crippen molar-refractivity contribution in [1.82, 2.24) is 0 Å². The van der Waals surface area contributed by atoms with Gasteiger partial charge >= 0.3 is 17.9 Å². The van der Waals surface area contributed by atoms with E-state index < -0.39 is 37.7 Å². The van der Waals surface area contributed by atoms with Gasteiger partial charge in [0.2, 0.25) is 0 Å². The average Bonchev–Trinajstić information content (AvgIpc) is 2.19. The molecule has 0 aromatic rings. The fraction of sp³-hybridized carbons (Fsp3) is 0.500. The third-order valence-corrected chi connectivity index (χ3v) is 0.406. The number of rotatable bonds is 3. The summed E-state index contributed by atoms with van der Waals surface area (Å²) < 4.78 is 0. The number of aliphatic hydroxyl groups is 3. The van der Waals surface area contributed by atoms with E-state index in [-0.39, 0.29) is 38.2 Å². The smallest absolute Gasteiger partial charge is 0.329 e. The Balaban J connectivity index is -0.0000000655. The fourth-order valence-corrected chi connectivity index (χ4v) is 0. The van der Waals surface area contributed by atoms with Crippen LogP contribution >= 0.6 is 0 Å². The molecule has 0 amide bonds. The summed E-state index contributed by atoms with van der Waals surface area (Å²) in [7, 11) is 0. The minimum Gasteiger partial charge on any atom is -0.480 e. The van der Waals surface area contributed by atoms with Crippen LogP contribution < -0.4 is 0 Å². The molecule has 0 saturated carbocycles. The van der Waals surface area contributed by atoms with Crippen molar-refractivity contribution in [1.29, 1.82) is 0 Å². The van der Waals surface area contributed by atoms with Crippen LogP contribution in [0, 0.1) is 38.2 Å². The van der Waals surface area contributed by atoms with Gasteiger partial charge in [-0.2, -0.15) is 0 Å². The van der Waals surface area contributed by atoms with E-state index in [0.29, 0.717) is 0 Å². The molecule has 10 heteroatoms. The topological polar surface area (TPSA) is 173 Å². The normalized spacial score (nSPS) is 6.94. The molecule has 16 heavy (non-hydrogen) atoms. The van der Waals surface area contributed by atoms with Crippen molar-refractivity contribution in [2.45, 2.75) is 0 Å². The first kappa shape index (κ1) is 24.7. The summed E-state index contributed by atoms with van der Waals surface area (Å²) in [6.45, 7) is -2.33. The van der Waals surface area contributed by atoms with E-state index in [0.717, 1.165) is 0 Å². The molecule has 0 radical (unpaired) electrons. The first-order chi connectivity index (χ1) is 6.81. The van der Waals surface area contributed by atoms with Gasteiger partial charge in [-0.05, 0) is 0 Å². The molecule has 100 valence electrons. The molecule has 0 atom stereocenters. The molecule has 0 rings (SSSR count). The molecular formula is C6H12DyO9. The maximum atomic E-state index is 9.12. The van der Waals surface area contributed by atoms with Crippen LogP contribution in [0.5, 0.6) is 0 Å². The summed E-state index contributed by atoms with van der Waals surface area (Å²) in [5.41, 5.74) is 0. The van der Waals surface area contributed by atoms with Crippen molar-refractivity contribution in [3.05, 3.63) is 0 Å². The summed E-state index contributed by atoms with van der Waals surface area (Å²) in [6.07, 6.45) is 0. The van der Waals surface area contributed by atoms with Gasteiger partial charge in [0, 0.05) is 38.2 Å². The van der Waals surface area contributed by atoms with Crippen molar-refractivity contribution >= 4 is 17.9 Å². The van der Waals surface area contributed by atoms with Crippen LogP contribution in [0.15, 0.2) is 0 Å². The van der Waals surface area contributed by atoms with Crippen LogP contribution in [0.4, 0.5) is 0 Å². The molecule has 0 fully saturated rings. The van der Waals surface area contributed by atoms with E-state index in [1.165, 1.54) is 0 Å². The van der Waals surface area contributed by atoms with Crippen molar-refractivity contribution in [2.24, 2.45) is 0 Å². The monoisotopic (exact) mass is 392 g/mol. The van der Waals surface area contributed by atoms with E-state index >= 15 is 0 Å². The van der Waals surface area contributed by atoms with Crippen molar-refractivity contribution < 1.29 is 83.2 Å². The summed E-state index contributed by atoms with van der Waals surface area (Å²) >= 11 is 0. The van der Waals surface area contributed by atoms with E-state index in [4.69, 9.17) is 45.0 Å². The molecule has 0 bridgehead atoms. The molecular weight excluding hydrogens is 379 g/mol.